The Hall–Kier alpha value is -2.43. The molecule has 0 radical (unpaired) electrons. The summed E-state index contributed by atoms with van der Waals surface area (Å²) in [7, 11) is 0. The zero-order valence-corrected chi connectivity index (χ0v) is 10.9. The average molecular weight is 269 g/mol. The molecule has 5 heteroatoms. The summed E-state index contributed by atoms with van der Waals surface area (Å²) in [6, 6.07) is 9.31. The molecule has 0 saturated carbocycles. The molecule has 2 aromatic rings. The standard InChI is InChI=1S/C15H15N3O2/c19-13-7-6-11(9-17-13)18-15(20)12-5-1-3-10-4-2-8-16-14(10)12/h1-5,8,11H,6-7,9H2,(H,17,19)(H,18,20). The van der Waals surface area contributed by atoms with E-state index in [9.17, 15) is 9.59 Å². The van der Waals surface area contributed by atoms with E-state index in [2.05, 4.69) is 15.6 Å². The van der Waals surface area contributed by atoms with Gasteiger partial charge in [0.05, 0.1) is 11.1 Å². The van der Waals surface area contributed by atoms with Crippen molar-refractivity contribution in [1.29, 1.82) is 0 Å². The minimum absolute atomic E-state index is 0.0147. The predicted molar refractivity (Wildman–Crippen MR) is 75.2 cm³/mol. The lowest BCUT2D eigenvalue weighted by Gasteiger charge is -2.23. The number of hydrogen-bond donors (Lipinski definition) is 2. The van der Waals surface area contributed by atoms with Crippen LogP contribution in [0.15, 0.2) is 36.5 Å². The van der Waals surface area contributed by atoms with Gasteiger partial charge in [0.2, 0.25) is 5.91 Å². The highest BCUT2D eigenvalue weighted by molar-refractivity contribution is 6.05. The lowest BCUT2D eigenvalue weighted by molar-refractivity contribution is -0.122. The van der Waals surface area contributed by atoms with Gasteiger partial charge < -0.3 is 10.6 Å². The van der Waals surface area contributed by atoms with Crippen molar-refractivity contribution in [1.82, 2.24) is 15.6 Å². The minimum atomic E-state index is -0.143. The topological polar surface area (TPSA) is 71.1 Å². The Kier molecular flexibility index (Phi) is 3.33. The number of carbonyl (C=O) groups excluding carboxylic acids is 2. The summed E-state index contributed by atoms with van der Waals surface area (Å²) in [4.78, 5) is 27.7. The van der Waals surface area contributed by atoms with Crippen LogP contribution < -0.4 is 10.6 Å². The number of fused-ring (bicyclic) bond motifs is 1. The molecule has 2 N–H and O–H groups in total. The van der Waals surface area contributed by atoms with Crippen LogP contribution >= 0.6 is 0 Å². The Morgan fingerprint density at radius 2 is 2.15 bits per heavy atom. The van der Waals surface area contributed by atoms with E-state index in [1.165, 1.54) is 0 Å². The zero-order chi connectivity index (χ0) is 13.9. The van der Waals surface area contributed by atoms with Gasteiger partial charge in [-0.3, -0.25) is 14.6 Å². The summed E-state index contributed by atoms with van der Waals surface area (Å²) in [5, 5.41) is 6.65. The minimum Gasteiger partial charge on any atom is -0.354 e. The highest BCUT2D eigenvalue weighted by Crippen LogP contribution is 2.16. The van der Waals surface area contributed by atoms with Crippen LogP contribution in [0.5, 0.6) is 0 Å². The molecule has 1 fully saturated rings. The number of amides is 2. The van der Waals surface area contributed by atoms with Crippen LogP contribution in [0.4, 0.5) is 0 Å². The van der Waals surface area contributed by atoms with Crippen molar-refractivity contribution < 1.29 is 9.59 Å². The van der Waals surface area contributed by atoms with Gasteiger partial charge in [0.15, 0.2) is 0 Å². The molecular formula is C15H15N3O2. The summed E-state index contributed by atoms with van der Waals surface area (Å²) < 4.78 is 0. The maximum Gasteiger partial charge on any atom is 0.253 e. The number of benzene rings is 1. The van der Waals surface area contributed by atoms with Gasteiger partial charge in [-0.1, -0.05) is 18.2 Å². The van der Waals surface area contributed by atoms with Gasteiger partial charge in [0, 0.05) is 30.6 Å². The van der Waals surface area contributed by atoms with Gasteiger partial charge in [-0.05, 0) is 18.6 Å². The normalized spacial score (nSPS) is 18.6. The molecule has 5 nitrogen and oxygen atoms in total. The van der Waals surface area contributed by atoms with E-state index in [4.69, 9.17) is 0 Å². The summed E-state index contributed by atoms with van der Waals surface area (Å²) in [5.41, 5.74) is 1.27. The van der Waals surface area contributed by atoms with Crippen LogP contribution in [-0.2, 0) is 4.79 Å². The van der Waals surface area contributed by atoms with Gasteiger partial charge in [-0.2, -0.15) is 0 Å². The van der Waals surface area contributed by atoms with Gasteiger partial charge in [0.25, 0.3) is 5.91 Å². The van der Waals surface area contributed by atoms with E-state index >= 15 is 0 Å². The Bertz CT molecular complexity index is 654. The zero-order valence-electron chi connectivity index (χ0n) is 10.9. The summed E-state index contributed by atoms with van der Waals surface area (Å²) in [6.45, 7) is 0.489. The highest BCUT2D eigenvalue weighted by atomic mass is 16.2. The van der Waals surface area contributed by atoms with E-state index in [1.54, 1.807) is 12.3 Å². The molecule has 102 valence electrons. The molecule has 1 saturated heterocycles. The lowest BCUT2D eigenvalue weighted by Crippen LogP contribution is -2.47. The number of hydrogen-bond acceptors (Lipinski definition) is 3. The average Bonchev–Trinajstić information content (AvgIpc) is 2.49. The van der Waals surface area contributed by atoms with Crippen molar-refractivity contribution in [3.8, 4) is 0 Å². The van der Waals surface area contributed by atoms with Crippen molar-refractivity contribution in [3.63, 3.8) is 0 Å². The molecule has 0 bridgehead atoms. The van der Waals surface area contributed by atoms with Gasteiger partial charge in [-0.25, -0.2) is 0 Å². The van der Waals surface area contributed by atoms with E-state index in [0.717, 1.165) is 5.39 Å². The molecule has 0 aliphatic carbocycles. The van der Waals surface area contributed by atoms with Crippen molar-refractivity contribution >= 4 is 22.7 Å². The van der Waals surface area contributed by atoms with Crippen LogP contribution in [0.1, 0.15) is 23.2 Å². The molecule has 3 rings (SSSR count). The van der Waals surface area contributed by atoms with E-state index in [1.807, 2.05) is 24.3 Å². The Morgan fingerprint density at radius 1 is 1.30 bits per heavy atom. The molecule has 0 spiro atoms. The van der Waals surface area contributed by atoms with Crippen LogP contribution in [0.2, 0.25) is 0 Å². The number of aromatic nitrogens is 1. The van der Waals surface area contributed by atoms with Crippen LogP contribution in [-0.4, -0.2) is 29.4 Å². The Morgan fingerprint density at radius 3 is 2.95 bits per heavy atom. The van der Waals surface area contributed by atoms with Crippen LogP contribution in [0, 0.1) is 0 Å². The monoisotopic (exact) mass is 269 g/mol. The first-order valence-electron chi connectivity index (χ1n) is 6.65. The third kappa shape index (κ3) is 2.47. The third-order valence-electron chi connectivity index (χ3n) is 3.48. The maximum atomic E-state index is 12.3. The second kappa shape index (κ2) is 5.28. The largest absolute Gasteiger partial charge is 0.354 e. The first-order chi connectivity index (χ1) is 9.74. The fraction of sp³-hybridized carbons (Fsp3) is 0.267. The highest BCUT2D eigenvalue weighted by Gasteiger charge is 2.21. The maximum absolute atomic E-state index is 12.3. The molecule has 1 unspecified atom stereocenters. The SMILES string of the molecule is O=C1CCC(NC(=O)c2cccc3cccnc23)CN1. The molecule has 1 aliphatic heterocycles. The van der Waals surface area contributed by atoms with Gasteiger partial charge in [0.1, 0.15) is 0 Å². The van der Waals surface area contributed by atoms with Crippen molar-refractivity contribution in [2.24, 2.45) is 0 Å². The first kappa shape index (κ1) is 12.6. The summed E-state index contributed by atoms with van der Waals surface area (Å²) in [5.74, 6) is -0.0993. The molecular weight excluding hydrogens is 254 g/mol. The third-order valence-corrected chi connectivity index (χ3v) is 3.48. The van der Waals surface area contributed by atoms with Gasteiger partial charge in [-0.15, -0.1) is 0 Å². The molecule has 1 aliphatic rings. The number of pyridine rings is 1. The number of nitrogens with one attached hydrogen (secondary N) is 2. The lowest BCUT2D eigenvalue weighted by atomic mass is 10.1. The summed E-state index contributed by atoms with van der Waals surface area (Å²) >= 11 is 0. The fourth-order valence-corrected chi connectivity index (χ4v) is 2.41. The quantitative estimate of drug-likeness (QED) is 0.861. The van der Waals surface area contributed by atoms with Crippen molar-refractivity contribution in [2.75, 3.05) is 6.54 Å². The van der Waals surface area contributed by atoms with E-state index in [0.29, 0.717) is 30.5 Å². The van der Waals surface area contributed by atoms with Crippen LogP contribution in [0.3, 0.4) is 0 Å². The second-order valence-corrected chi connectivity index (χ2v) is 4.89. The van der Waals surface area contributed by atoms with E-state index in [-0.39, 0.29) is 17.9 Å². The Balaban J connectivity index is 1.80. The van der Waals surface area contributed by atoms with Gasteiger partial charge >= 0.3 is 0 Å². The number of piperidine rings is 1. The Labute approximate surface area is 116 Å². The number of rotatable bonds is 2. The van der Waals surface area contributed by atoms with Crippen molar-refractivity contribution in [3.05, 3.63) is 42.1 Å². The summed E-state index contributed by atoms with van der Waals surface area (Å²) in [6.07, 6.45) is 2.81. The van der Waals surface area contributed by atoms with E-state index < -0.39 is 0 Å². The van der Waals surface area contributed by atoms with Crippen LogP contribution in [0.25, 0.3) is 10.9 Å². The number of nitrogens with zero attached hydrogens (tertiary/aromatic N) is 1. The van der Waals surface area contributed by atoms with Crippen molar-refractivity contribution in [2.45, 2.75) is 18.9 Å². The smallest absolute Gasteiger partial charge is 0.253 e. The first-order valence-corrected chi connectivity index (χ1v) is 6.65. The molecule has 20 heavy (non-hydrogen) atoms. The predicted octanol–water partition coefficient (Wildman–Crippen LogP) is 1.24. The fourth-order valence-electron chi connectivity index (χ4n) is 2.41. The molecule has 1 aromatic heterocycles. The molecule has 2 heterocycles. The second-order valence-electron chi connectivity index (χ2n) is 4.89. The molecule has 2 amide bonds. The number of para-hydroxylation sites is 1. The number of carbonyl (C=O) groups is 2. The molecule has 1 atom stereocenters. The molecule has 1 aromatic carbocycles.